The Kier molecular flexibility index (Phi) is 2.80. The third kappa shape index (κ3) is 2.04. The lowest BCUT2D eigenvalue weighted by molar-refractivity contribution is 0.0331. The number of nitrogens with zero attached hydrogens (tertiary/aromatic N) is 1. The van der Waals surface area contributed by atoms with Gasteiger partial charge in [0.25, 0.3) is 5.92 Å². The van der Waals surface area contributed by atoms with E-state index in [-0.39, 0.29) is 6.42 Å². The first kappa shape index (κ1) is 11.3. The van der Waals surface area contributed by atoms with Crippen LogP contribution in [0.3, 0.4) is 0 Å². The van der Waals surface area contributed by atoms with Crippen LogP contribution in [-0.4, -0.2) is 36.3 Å². The van der Waals surface area contributed by atoms with Crippen molar-refractivity contribution < 1.29 is 8.78 Å². The largest absolute Gasteiger partial charge is 0.299 e. The van der Waals surface area contributed by atoms with Crippen LogP contribution in [-0.2, 0) is 0 Å². The van der Waals surface area contributed by atoms with E-state index in [0.717, 1.165) is 25.2 Å². The lowest BCUT2D eigenvalue weighted by Gasteiger charge is -2.32. The zero-order valence-corrected chi connectivity index (χ0v) is 9.49. The number of piperidine rings is 1. The maximum Gasteiger partial charge on any atom is 0.254 e. The van der Waals surface area contributed by atoms with E-state index in [9.17, 15) is 8.78 Å². The molecule has 0 atom stereocenters. The van der Waals surface area contributed by atoms with Crippen molar-refractivity contribution in [2.24, 2.45) is 5.41 Å². The number of rotatable bonds is 3. The van der Waals surface area contributed by atoms with Crippen LogP contribution in [0.2, 0.25) is 0 Å². The second kappa shape index (κ2) is 3.70. The second-order valence-corrected chi connectivity index (χ2v) is 5.09. The van der Waals surface area contributed by atoms with Crippen LogP contribution in [0.25, 0.3) is 0 Å². The summed E-state index contributed by atoms with van der Waals surface area (Å²) in [6.07, 6.45) is 1.34. The quantitative estimate of drug-likeness (QED) is 0.537. The Bertz CT molecular complexity index is 270. The molecule has 1 aliphatic heterocycles. The van der Waals surface area contributed by atoms with Gasteiger partial charge in [0, 0.05) is 24.3 Å². The van der Waals surface area contributed by atoms with Crippen LogP contribution >= 0.6 is 11.6 Å². The number of hydrogen-bond donors (Lipinski definition) is 0. The summed E-state index contributed by atoms with van der Waals surface area (Å²) in [7, 11) is 0. The van der Waals surface area contributed by atoms with Gasteiger partial charge < -0.3 is 0 Å². The molecule has 2 fully saturated rings. The van der Waals surface area contributed by atoms with Crippen molar-refractivity contribution in [1.82, 2.24) is 4.90 Å². The summed E-state index contributed by atoms with van der Waals surface area (Å²) in [5.74, 6) is -1.93. The molecule has 0 aromatic rings. The summed E-state index contributed by atoms with van der Waals surface area (Å²) in [6.45, 7) is 6.09. The Balaban J connectivity index is 1.81. The van der Waals surface area contributed by atoms with E-state index in [1.165, 1.54) is 0 Å². The third-order valence-electron chi connectivity index (χ3n) is 3.66. The molecule has 0 N–H and O–H groups in total. The second-order valence-electron chi connectivity index (χ2n) is 4.82. The summed E-state index contributed by atoms with van der Waals surface area (Å²) in [5, 5.41) is 0. The van der Waals surface area contributed by atoms with Crippen LogP contribution in [0.5, 0.6) is 0 Å². The molecular weight excluding hydrogens is 220 g/mol. The van der Waals surface area contributed by atoms with Gasteiger partial charge in [0.15, 0.2) is 0 Å². The summed E-state index contributed by atoms with van der Waals surface area (Å²) >= 11 is 5.64. The number of alkyl halides is 3. The Labute approximate surface area is 94.1 Å². The zero-order valence-electron chi connectivity index (χ0n) is 8.74. The van der Waals surface area contributed by atoms with Gasteiger partial charge >= 0.3 is 0 Å². The van der Waals surface area contributed by atoms with Crippen molar-refractivity contribution in [3.8, 4) is 0 Å². The fourth-order valence-electron chi connectivity index (χ4n) is 2.42. The van der Waals surface area contributed by atoms with Crippen molar-refractivity contribution in [3.05, 3.63) is 12.2 Å². The molecule has 15 heavy (non-hydrogen) atoms. The fraction of sp³-hybridized carbons (Fsp3) is 0.818. The molecule has 0 aromatic heterocycles. The first-order valence-corrected chi connectivity index (χ1v) is 5.85. The Hall–Kier alpha value is -0.150. The Morgan fingerprint density at radius 3 is 2.27 bits per heavy atom. The highest BCUT2D eigenvalue weighted by molar-refractivity contribution is 6.19. The average Bonchev–Trinajstić information content (AvgIpc) is 2.72. The summed E-state index contributed by atoms with van der Waals surface area (Å²) in [4.78, 5) is 2.17. The molecule has 86 valence electrons. The lowest BCUT2D eigenvalue weighted by Crippen LogP contribution is -2.37. The molecule has 0 aromatic carbocycles. The first-order chi connectivity index (χ1) is 6.99. The molecule has 1 spiro atoms. The van der Waals surface area contributed by atoms with Crippen molar-refractivity contribution in [1.29, 1.82) is 0 Å². The topological polar surface area (TPSA) is 3.24 Å². The maximum absolute atomic E-state index is 13.1. The molecule has 2 aliphatic rings. The van der Waals surface area contributed by atoms with Gasteiger partial charge in [-0.1, -0.05) is 6.58 Å². The zero-order chi connectivity index (χ0) is 11.1. The van der Waals surface area contributed by atoms with Crippen molar-refractivity contribution in [2.75, 3.05) is 25.5 Å². The van der Waals surface area contributed by atoms with Crippen molar-refractivity contribution in [2.45, 2.75) is 25.2 Å². The third-order valence-corrected chi connectivity index (χ3v) is 4.04. The standard InChI is InChI=1S/C11H16ClF2N/c1-9(6-12)7-15-4-2-10(3-5-15)8-11(10,13)14/h1-8H2. The highest BCUT2D eigenvalue weighted by Gasteiger charge is 2.70. The molecule has 1 nitrogen and oxygen atoms in total. The minimum Gasteiger partial charge on any atom is -0.299 e. The van der Waals surface area contributed by atoms with Crippen molar-refractivity contribution >= 4 is 11.6 Å². The molecule has 0 unspecified atom stereocenters. The molecule has 1 heterocycles. The van der Waals surface area contributed by atoms with Gasteiger partial charge in [-0.2, -0.15) is 0 Å². The molecule has 0 amide bonds. The predicted octanol–water partition coefficient (Wildman–Crippen LogP) is 2.90. The maximum atomic E-state index is 13.1. The smallest absolute Gasteiger partial charge is 0.254 e. The van der Waals surface area contributed by atoms with Crippen LogP contribution < -0.4 is 0 Å². The molecule has 1 aliphatic carbocycles. The minimum atomic E-state index is -2.39. The van der Waals surface area contributed by atoms with Crippen LogP contribution in [0, 0.1) is 5.41 Å². The molecule has 4 heteroatoms. The molecule has 2 rings (SSSR count). The molecule has 0 bridgehead atoms. The highest BCUT2D eigenvalue weighted by atomic mass is 35.5. The fourth-order valence-corrected chi connectivity index (χ4v) is 2.51. The first-order valence-electron chi connectivity index (χ1n) is 5.32. The summed E-state index contributed by atoms with van der Waals surface area (Å²) in [6, 6.07) is 0. The Morgan fingerprint density at radius 1 is 1.33 bits per heavy atom. The Morgan fingerprint density at radius 2 is 1.87 bits per heavy atom. The average molecular weight is 236 g/mol. The number of halogens is 3. The lowest BCUT2D eigenvalue weighted by atomic mass is 9.92. The predicted molar refractivity (Wildman–Crippen MR) is 57.5 cm³/mol. The van der Waals surface area contributed by atoms with E-state index < -0.39 is 11.3 Å². The summed E-state index contributed by atoms with van der Waals surface area (Å²) in [5.41, 5.74) is 0.321. The van der Waals surface area contributed by atoms with Gasteiger partial charge in [-0.15, -0.1) is 11.6 Å². The van der Waals surface area contributed by atoms with Gasteiger partial charge in [-0.05, 0) is 31.5 Å². The van der Waals surface area contributed by atoms with E-state index >= 15 is 0 Å². The van der Waals surface area contributed by atoms with Gasteiger partial charge in [0.05, 0.1) is 0 Å². The van der Waals surface area contributed by atoms with E-state index in [1.54, 1.807) is 0 Å². The highest BCUT2D eigenvalue weighted by Crippen LogP contribution is 2.65. The van der Waals surface area contributed by atoms with Crippen LogP contribution in [0.15, 0.2) is 12.2 Å². The monoisotopic (exact) mass is 235 g/mol. The normalized spacial score (nSPS) is 27.9. The molecule has 1 saturated carbocycles. The van der Waals surface area contributed by atoms with Gasteiger partial charge in [-0.25, -0.2) is 8.78 Å². The van der Waals surface area contributed by atoms with E-state index in [2.05, 4.69) is 11.5 Å². The van der Waals surface area contributed by atoms with E-state index in [1.807, 2.05) is 0 Å². The molecule has 0 radical (unpaired) electrons. The van der Waals surface area contributed by atoms with Gasteiger partial charge in [0.1, 0.15) is 0 Å². The number of likely N-dealkylation sites (tertiary alicyclic amines) is 1. The van der Waals surface area contributed by atoms with Gasteiger partial charge in [-0.3, -0.25) is 4.90 Å². The van der Waals surface area contributed by atoms with Gasteiger partial charge in [0.2, 0.25) is 0 Å². The minimum absolute atomic E-state index is 0.101. The van der Waals surface area contributed by atoms with E-state index in [4.69, 9.17) is 11.6 Å². The van der Waals surface area contributed by atoms with Crippen molar-refractivity contribution in [3.63, 3.8) is 0 Å². The molecule has 1 saturated heterocycles. The van der Waals surface area contributed by atoms with Crippen LogP contribution in [0.4, 0.5) is 8.78 Å². The van der Waals surface area contributed by atoms with Crippen LogP contribution in [0.1, 0.15) is 19.3 Å². The van der Waals surface area contributed by atoms with E-state index in [0.29, 0.717) is 18.7 Å². The summed E-state index contributed by atoms with van der Waals surface area (Å²) < 4.78 is 26.1. The number of hydrogen-bond acceptors (Lipinski definition) is 1. The SMILES string of the molecule is C=C(CCl)CN1CCC2(CC1)CC2(F)F. The molecular formula is C11H16ClF2N.